The number of hydrogen-bond donors (Lipinski definition) is 3. The topological polar surface area (TPSA) is 104 Å². The summed E-state index contributed by atoms with van der Waals surface area (Å²) in [6.07, 6.45) is 0. The van der Waals surface area contributed by atoms with Gasteiger partial charge >= 0.3 is 0 Å². The molecule has 2 aromatic rings. The zero-order valence-corrected chi connectivity index (χ0v) is 17.9. The van der Waals surface area contributed by atoms with Gasteiger partial charge in [0.15, 0.2) is 0 Å². The van der Waals surface area contributed by atoms with E-state index in [2.05, 4.69) is 31.3 Å². The van der Waals surface area contributed by atoms with Gasteiger partial charge in [0.05, 0.1) is 24.0 Å². The highest BCUT2D eigenvalue weighted by Gasteiger charge is 2.16. The summed E-state index contributed by atoms with van der Waals surface area (Å²) in [5.41, 5.74) is 1.86. The Hall–Kier alpha value is -2.23. The second-order valence-corrected chi connectivity index (χ2v) is 8.94. The molecule has 3 N–H and O–H groups in total. The maximum Gasteiger partial charge on any atom is 0.241 e. The Balaban J connectivity index is 1.77. The van der Waals surface area contributed by atoms with Crippen LogP contribution in [0.3, 0.4) is 0 Å². The van der Waals surface area contributed by atoms with Gasteiger partial charge in [0.2, 0.25) is 21.8 Å². The Labute approximate surface area is 173 Å². The molecule has 150 valence electrons. The van der Waals surface area contributed by atoms with Crippen molar-refractivity contribution in [3.8, 4) is 0 Å². The number of rotatable bonds is 8. The lowest BCUT2D eigenvalue weighted by atomic mass is 10.1. The minimum Gasteiger partial charge on any atom is -0.348 e. The van der Waals surface area contributed by atoms with E-state index in [0.717, 1.165) is 15.6 Å². The highest BCUT2D eigenvalue weighted by Crippen LogP contribution is 2.16. The number of sulfonamides is 1. The van der Waals surface area contributed by atoms with E-state index in [0.29, 0.717) is 0 Å². The zero-order valence-electron chi connectivity index (χ0n) is 15.5. The number of aryl methyl sites for hydroxylation is 1. The minimum absolute atomic E-state index is 0.0759. The SMILES string of the molecule is Cc1ccc(S(=O)(=O)NCC(=O)NCC(=O)NC(C)c2ccc(Br)cc2)cc1. The summed E-state index contributed by atoms with van der Waals surface area (Å²) in [6, 6.07) is 13.6. The molecule has 0 saturated carbocycles. The van der Waals surface area contributed by atoms with Crippen molar-refractivity contribution in [2.75, 3.05) is 13.1 Å². The van der Waals surface area contributed by atoms with E-state index in [9.17, 15) is 18.0 Å². The monoisotopic (exact) mass is 467 g/mol. The Morgan fingerprint density at radius 3 is 2.18 bits per heavy atom. The summed E-state index contributed by atoms with van der Waals surface area (Å²) in [5.74, 6) is -0.965. The highest BCUT2D eigenvalue weighted by atomic mass is 79.9. The Kier molecular flexibility index (Phi) is 7.73. The van der Waals surface area contributed by atoms with Crippen LogP contribution >= 0.6 is 15.9 Å². The third-order valence-electron chi connectivity index (χ3n) is 3.95. The summed E-state index contributed by atoms with van der Waals surface area (Å²) in [4.78, 5) is 23.9. The Bertz CT molecular complexity index is 929. The molecule has 1 atom stereocenters. The number of halogens is 1. The van der Waals surface area contributed by atoms with Crippen LogP contribution in [0.25, 0.3) is 0 Å². The van der Waals surface area contributed by atoms with E-state index in [4.69, 9.17) is 0 Å². The molecule has 28 heavy (non-hydrogen) atoms. The van der Waals surface area contributed by atoms with Gasteiger partial charge in [0.1, 0.15) is 0 Å². The molecule has 9 heteroatoms. The summed E-state index contributed by atoms with van der Waals surface area (Å²) < 4.78 is 27.4. The molecule has 0 saturated heterocycles. The lowest BCUT2D eigenvalue weighted by Gasteiger charge is -2.15. The molecule has 0 aromatic heterocycles. The fourth-order valence-electron chi connectivity index (χ4n) is 2.33. The van der Waals surface area contributed by atoms with Gasteiger partial charge in [-0.15, -0.1) is 0 Å². The van der Waals surface area contributed by atoms with E-state index in [1.807, 2.05) is 38.1 Å². The molecule has 0 aliphatic carbocycles. The van der Waals surface area contributed by atoms with Gasteiger partial charge in [0.25, 0.3) is 0 Å². The van der Waals surface area contributed by atoms with Crippen molar-refractivity contribution in [3.63, 3.8) is 0 Å². The van der Waals surface area contributed by atoms with Gasteiger partial charge in [-0.3, -0.25) is 9.59 Å². The Morgan fingerprint density at radius 1 is 0.964 bits per heavy atom. The van der Waals surface area contributed by atoms with Crippen LogP contribution in [0.1, 0.15) is 24.1 Å². The van der Waals surface area contributed by atoms with Gasteiger partial charge in [-0.05, 0) is 43.7 Å². The normalized spacial score (nSPS) is 12.2. The van der Waals surface area contributed by atoms with Gasteiger partial charge in [-0.1, -0.05) is 45.8 Å². The van der Waals surface area contributed by atoms with E-state index in [-0.39, 0.29) is 23.4 Å². The van der Waals surface area contributed by atoms with Gasteiger partial charge < -0.3 is 10.6 Å². The van der Waals surface area contributed by atoms with Crippen LogP contribution in [0.2, 0.25) is 0 Å². The molecule has 7 nitrogen and oxygen atoms in total. The van der Waals surface area contributed by atoms with E-state index in [1.54, 1.807) is 12.1 Å². The zero-order chi connectivity index (χ0) is 20.7. The Morgan fingerprint density at radius 2 is 1.57 bits per heavy atom. The minimum atomic E-state index is -3.78. The van der Waals surface area contributed by atoms with Crippen LogP contribution in [0.4, 0.5) is 0 Å². The third kappa shape index (κ3) is 6.74. The van der Waals surface area contributed by atoms with Crippen molar-refractivity contribution < 1.29 is 18.0 Å². The van der Waals surface area contributed by atoms with E-state index < -0.39 is 22.5 Å². The second-order valence-electron chi connectivity index (χ2n) is 6.26. The van der Waals surface area contributed by atoms with Gasteiger partial charge in [-0.2, -0.15) is 0 Å². The van der Waals surface area contributed by atoms with Crippen LogP contribution < -0.4 is 15.4 Å². The third-order valence-corrected chi connectivity index (χ3v) is 5.89. The van der Waals surface area contributed by atoms with Crippen LogP contribution in [0.15, 0.2) is 57.9 Å². The first-order valence-corrected chi connectivity index (χ1v) is 10.8. The van der Waals surface area contributed by atoms with Crippen molar-refractivity contribution >= 4 is 37.8 Å². The number of hydrogen-bond acceptors (Lipinski definition) is 4. The van der Waals surface area contributed by atoms with Crippen molar-refractivity contribution in [3.05, 3.63) is 64.1 Å². The van der Waals surface area contributed by atoms with E-state index >= 15 is 0 Å². The standard InChI is InChI=1S/C19H22BrN3O4S/c1-13-3-9-17(10-4-13)28(26,27)22-12-18(24)21-11-19(25)23-14(2)15-5-7-16(20)8-6-15/h3-10,14,22H,11-12H2,1-2H3,(H,21,24)(H,23,25). The average Bonchev–Trinajstić information content (AvgIpc) is 2.65. The fourth-order valence-corrected chi connectivity index (χ4v) is 3.58. The maximum atomic E-state index is 12.1. The molecule has 0 radical (unpaired) electrons. The molecule has 2 amide bonds. The van der Waals surface area contributed by atoms with E-state index in [1.165, 1.54) is 12.1 Å². The summed E-state index contributed by atoms with van der Waals surface area (Å²) in [5, 5.41) is 5.16. The number of amides is 2. The molecule has 0 aliphatic rings. The predicted molar refractivity (Wildman–Crippen MR) is 110 cm³/mol. The summed E-state index contributed by atoms with van der Waals surface area (Å²) >= 11 is 3.35. The molecular weight excluding hydrogens is 446 g/mol. The van der Waals surface area contributed by atoms with Crippen molar-refractivity contribution in [1.29, 1.82) is 0 Å². The number of nitrogens with one attached hydrogen (secondary N) is 3. The number of carbonyl (C=O) groups is 2. The number of carbonyl (C=O) groups excluding carboxylic acids is 2. The van der Waals surface area contributed by atoms with Crippen molar-refractivity contribution in [2.24, 2.45) is 0 Å². The molecule has 0 spiro atoms. The van der Waals surface area contributed by atoms with Crippen LogP contribution in [-0.2, 0) is 19.6 Å². The summed E-state index contributed by atoms with van der Waals surface area (Å²) in [6.45, 7) is 2.98. The molecular formula is C19H22BrN3O4S. The second kappa shape index (κ2) is 9.81. The molecule has 1 unspecified atom stereocenters. The molecule has 0 fully saturated rings. The average molecular weight is 468 g/mol. The quantitative estimate of drug-likeness (QED) is 0.552. The van der Waals surface area contributed by atoms with Crippen molar-refractivity contribution in [1.82, 2.24) is 15.4 Å². The summed E-state index contributed by atoms with van der Waals surface area (Å²) in [7, 11) is -3.78. The first-order valence-electron chi connectivity index (χ1n) is 8.55. The van der Waals surface area contributed by atoms with Crippen LogP contribution in [-0.4, -0.2) is 33.3 Å². The lowest BCUT2D eigenvalue weighted by Crippen LogP contribution is -2.42. The van der Waals surface area contributed by atoms with Crippen LogP contribution in [0, 0.1) is 6.92 Å². The van der Waals surface area contributed by atoms with Crippen molar-refractivity contribution in [2.45, 2.75) is 24.8 Å². The largest absolute Gasteiger partial charge is 0.348 e. The number of benzene rings is 2. The van der Waals surface area contributed by atoms with Crippen LogP contribution in [0.5, 0.6) is 0 Å². The fraction of sp³-hybridized carbons (Fsp3) is 0.263. The maximum absolute atomic E-state index is 12.1. The molecule has 0 bridgehead atoms. The predicted octanol–water partition coefficient (Wildman–Crippen LogP) is 2.03. The van der Waals surface area contributed by atoms with Gasteiger partial charge in [0, 0.05) is 4.47 Å². The first kappa shape index (κ1) is 22.1. The first-order chi connectivity index (χ1) is 13.2. The van der Waals surface area contributed by atoms with Gasteiger partial charge in [-0.25, -0.2) is 13.1 Å². The molecule has 2 rings (SSSR count). The molecule has 0 heterocycles. The smallest absolute Gasteiger partial charge is 0.241 e. The lowest BCUT2D eigenvalue weighted by molar-refractivity contribution is -0.125. The molecule has 2 aromatic carbocycles. The molecule has 0 aliphatic heterocycles. The highest BCUT2D eigenvalue weighted by molar-refractivity contribution is 9.10.